The van der Waals surface area contributed by atoms with Crippen molar-refractivity contribution in [2.75, 3.05) is 19.0 Å². The van der Waals surface area contributed by atoms with Crippen molar-refractivity contribution in [2.24, 2.45) is 11.7 Å². The number of amides is 1. The zero-order chi connectivity index (χ0) is 13.5. The van der Waals surface area contributed by atoms with Gasteiger partial charge in [-0.15, -0.1) is 0 Å². The van der Waals surface area contributed by atoms with Gasteiger partial charge in [-0.2, -0.15) is 0 Å². The van der Waals surface area contributed by atoms with Crippen molar-refractivity contribution in [3.8, 4) is 5.75 Å². The number of anilines is 1. The molecule has 1 rings (SSSR count). The van der Waals surface area contributed by atoms with Crippen LogP contribution in [0.1, 0.15) is 19.8 Å². The van der Waals surface area contributed by atoms with Crippen LogP contribution in [-0.2, 0) is 4.79 Å². The quantitative estimate of drug-likeness (QED) is 0.848. The summed E-state index contributed by atoms with van der Waals surface area (Å²) in [7, 11) is 1.60. The summed E-state index contributed by atoms with van der Waals surface area (Å²) in [6, 6.07) is 5.47. The first-order valence-corrected chi connectivity index (χ1v) is 6.72. The number of nitrogens with one attached hydrogen (secondary N) is 1. The lowest BCUT2D eigenvalue weighted by Crippen LogP contribution is -2.21. The van der Waals surface area contributed by atoms with Gasteiger partial charge in [0.25, 0.3) is 0 Å². The lowest BCUT2D eigenvalue weighted by atomic mass is 10.0. The van der Waals surface area contributed by atoms with E-state index in [9.17, 15) is 4.79 Å². The Morgan fingerprint density at radius 1 is 1.56 bits per heavy atom. The van der Waals surface area contributed by atoms with E-state index >= 15 is 0 Å². The van der Waals surface area contributed by atoms with Crippen LogP contribution in [0.25, 0.3) is 0 Å². The molecule has 0 aliphatic rings. The summed E-state index contributed by atoms with van der Waals surface area (Å²) in [6.45, 7) is 2.51. The number of nitrogens with two attached hydrogens (primary N) is 1. The van der Waals surface area contributed by atoms with Crippen molar-refractivity contribution in [3.05, 3.63) is 22.7 Å². The predicted octanol–water partition coefficient (Wildman–Crippen LogP) is 2.77. The number of hydrogen-bond acceptors (Lipinski definition) is 3. The lowest BCUT2D eigenvalue weighted by Gasteiger charge is -2.13. The maximum Gasteiger partial charge on any atom is 0.227 e. The van der Waals surface area contributed by atoms with Gasteiger partial charge in [0.15, 0.2) is 0 Å². The van der Waals surface area contributed by atoms with Crippen LogP contribution in [0.2, 0.25) is 0 Å². The van der Waals surface area contributed by atoms with Crippen LogP contribution >= 0.6 is 15.9 Å². The summed E-state index contributed by atoms with van der Waals surface area (Å²) in [5.41, 5.74) is 6.16. The van der Waals surface area contributed by atoms with Crippen molar-refractivity contribution < 1.29 is 9.53 Å². The molecule has 1 amide bonds. The highest BCUT2D eigenvalue weighted by atomic mass is 79.9. The monoisotopic (exact) mass is 314 g/mol. The molecule has 0 aliphatic heterocycles. The molecule has 4 nitrogen and oxygen atoms in total. The molecule has 100 valence electrons. The van der Waals surface area contributed by atoms with Gasteiger partial charge in [-0.1, -0.05) is 6.92 Å². The maximum atomic E-state index is 12.0. The van der Waals surface area contributed by atoms with Gasteiger partial charge in [0, 0.05) is 16.5 Å². The second-order valence-corrected chi connectivity index (χ2v) is 5.02. The molecular formula is C13H19BrN2O2. The standard InChI is InChI=1S/C13H19BrN2O2/c1-9(4-3-7-15)13(17)16-12-8-10(18-2)5-6-11(12)14/h5-6,8-9H,3-4,7,15H2,1-2H3,(H,16,17). The Hall–Kier alpha value is -1.07. The van der Waals surface area contributed by atoms with Gasteiger partial charge in [-0.3, -0.25) is 4.79 Å². The van der Waals surface area contributed by atoms with Crippen molar-refractivity contribution >= 4 is 27.5 Å². The van der Waals surface area contributed by atoms with E-state index in [1.54, 1.807) is 13.2 Å². The molecule has 0 bridgehead atoms. The molecular weight excluding hydrogens is 296 g/mol. The van der Waals surface area contributed by atoms with Gasteiger partial charge in [-0.05, 0) is 47.4 Å². The fraction of sp³-hybridized carbons (Fsp3) is 0.462. The Labute approximate surface area is 116 Å². The van der Waals surface area contributed by atoms with Gasteiger partial charge in [0.1, 0.15) is 5.75 Å². The number of halogens is 1. The molecule has 5 heteroatoms. The Morgan fingerprint density at radius 3 is 2.89 bits per heavy atom. The highest BCUT2D eigenvalue weighted by molar-refractivity contribution is 9.10. The Morgan fingerprint density at radius 2 is 2.28 bits per heavy atom. The van der Waals surface area contributed by atoms with Crippen LogP contribution in [0.3, 0.4) is 0 Å². The zero-order valence-corrected chi connectivity index (χ0v) is 12.3. The minimum Gasteiger partial charge on any atom is -0.497 e. The average molecular weight is 315 g/mol. The third-order valence-corrected chi connectivity index (χ3v) is 3.41. The van der Waals surface area contributed by atoms with E-state index in [4.69, 9.17) is 10.5 Å². The van der Waals surface area contributed by atoms with E-state index in [-0.39, 0.29) is 11.8 Å². The normalized spacial score (nSPS) is 12.0. The molecule has 1 atom stereocenters. The Kier molecular flexibility index (Phi) is 6.15. The molecule has 3 N–H and O–H groups in total. The number of ether oxygens (including phenoxy) is 1. The number of carbonyl (C=O) groups excluding carboxylic acids is 1. The van der Waals surface area contributed by atoms with E-state index in [1.807, 2.05) is 19.1 Å². The van der Waals surface area contributed by atoms with Crippen molar-refractivity contribution in [3.63, 3.8) is 0 Å². The molecule has 0 radical (unpaired) electrons. The number of carbonyl (C=O) groups is 1. The molecule has 0 aromatic heterocycles. The maximum absolute atomic E-state index is 12.0. The molecule has 1 aromatic carbocycles. The summed E-state index contributed by atoms with van der Waals surface area (Å²) >= 11 is 3.40. The van der Waals surface area contributed by atoms with Gasteiger partial charge >= 0.3 is 0 Å². The lowest BCUT2D eigenvalue weighted by molar-refractivity contribution is -0.119. The number of hydrogen-bond donors (Lipinski definition) is 2. The van der Waals surface area contributed by atoms with Crippen molar-refractivity contribution in [1.82, 2.24) is 0 Å². The van der Waals surface area contributed by atoms with Crippen molar-refractivity contribution in [1.29, 1.82) is 0 Å². The number of methoxy groups -OCH3 is 1. The third-order valence-electron chi connectivity index (χ3n) is 2.72. The van der Waals surface area contributed by atoms with Gasteiger partial charge in [0.05, 0.1) is 12.8 Å². The fourth-order valence-corrected chi connectivity index (χ4v) is 1.88. The van der Waals surface area contributed by atoms with Crippen LogP contribution in [-0.4, -0.2) is 19.6 Å². The first-order valence-electron chi connectivity index (χ1n) is 5.93. The third kappa shape index (κ3) is 4.31. The fourth-order valence-electron chi connectivity index (χ4n) is 1.54. The highest BCUT2D eigenvalue weighted by Gasteiger charge is 2.14. The minimum atomic E-state index is -0.0494. The molecule has 1 aromatic rings. The van der Waals surface area contributed by atoms with Gasteiger partial charge in [0.2, 0.25) is 5.91 Å². The molecule has 0 heterocycles. The second kappa shape index (κ2) is 7.38. The average Bonchev–Trinajstić information content (AvgIpc) is 2.38. The first-order chi connectivity index (χ1) is 8.58. The van der Waals surface area contributed by atoms with Crippen molar-refractivity contribution in [2.45, 2.75) is 19.8 Å². The van der Waals surface area contributed by atoms with E-state index in [2.05, 4.69) is 21.2 Å². The topological polar surface area (TPSA) is 64.3 Å². The molecule has 0 spiro atoms. The highest BCUT2D eigenvalue weighted by Crippen LogP contribution is 2.27. The SMILES string of the molecule is COc1ccc(Br)c(NC(=O)C(C)CCCN)c1. The Bertz CT molecular complexity index is 410. The molecule has 0 fully saturated rings. The minimum absolute atomic E-state index is 0.00240. The van der Waals surface area contributed by atoms with Crippen LogP contribution in [0.15, 0.2) is 22.7 Å². The molecule has 0 aliphatic carbocycles. The summed E-state index contributed by atoms with van der Waals surface area (Å²) in [5, 5.41) is 2.89. The predicted molar refractivity (Wildman–Crippen MR) is 76.8 cm³/mol. The smallest absolute Gasteiger partial charge is 0.227 e. The molecule has 1 unspecified atom stereocenters. The van der Waals surface area contributed by atoms with Crippen LogP contribution < -0.4 is 15.8 Å². The summed E-state index contributed by atoms with van der Waals surface area (Å²) < 4.78 is 5.96. The van der Waals surface area contributed by atoms with E-state index in [0.717, 1.165) is 23.0 Å². The summed E-state index contributed by atoms with van der Waals surface area (Å²) in [5.74, 6) is 0.659. The van der Waals surface area contributed by atoms with Gasteiger partial charge in [-0.25, -0.2) is 0 Å². The van der Waals surface area contributed by atoms with Gasteiger partial charge < -0.3 is 15.8 Å². The van der Waals surface area contributed by atoms with Crippen LogP contribution in [0.5, 0.6) is 5.75 Å². The molecule has 0 saturated heterocycles. The largest absolute Gasteiger partial charge is 0.497 e. The first kappa shape index (κ1) is 15.0. The summed E-state index contributed by atoms with van der Waals surface area (Å²) in [4.78, 5) is 12.0. The number of rotatable bonds is 6. The molecule has 18 heavy (non-hydrogen) atoms. The second-order valence-electron chi connectivity index (χ2n) is 4.17. The molecule has 0 saturated carbocycles. The van der Waals surface area contributed by atoms with E-state index in [1.165, 1.54) is 0 Å². The number of benzene rings is 1. The zero-order valence-electron chi connectivity index (χ0n) is 10.7. The Balaban J connectivity index is 2.68. The van der Waals surface area contributed by atoms with E-state index in [0.29, 0.717) is 12.3 Å². The van der Waals surface area contributed by atoms with Crippen LogP contribution in [0.4, 0.5) is 5.69 Å². The summed E-state index contributed by atoms with van der Waals surface area (Å²) in [6.07, 6.45) is 1.65. The van der Waals surface area contributed by atoms with Crippen LogP contribution in [0, 0.1) is 5.92 Å². The van der Waals surface area contributed by atoms with E-state index < -0.39 is 0 Å².